The average molecular weight is 459 g/mol. The maximum Gasteiger partial charge on any atom is 0.161 e. The van der Waals surface area contributed by atoms with E-state index in [0.29, 0.717) is 33.3 Å². The number of para-hydroxylation sites is 1. The van der Waals surface area contributed by atoms with Gasteiger partial charge in [-0.3, -0.25) is 5.43 Å². The summed E-state index contributed by atoms with van der Waals surface area (Å²) in [4.78, 5) is 8.62. The van der Waals surface area contributed by atoms with E-state index < -0.39 is 0 Å². The molecule has 0 aliphatic heterocycles. The lowest BCUT2D eigenvalue weighted by molar-refractivity contribution is 0.373. The summed E-state index contributed by atoms with van der Waals surface area (Å²) in [6, 6.07) is 18.2. The SMILES string of the molecule is COc1cc(-c2cc(=NNc3ncnc4ccccc34)c3cc(Cl)c(C)cc3o2)ccc1O. The first-order valence-electron chi connectivity index (χ1n) is 10.1. The Balaban J connectivity index is 1.70. The molecule has 0 spiro atoms. The van der Waals surface area contributed by atoms with Gasteiger partial charge in [0, 0.05) is 27.4 Å². The third-order valence-electron chi connectivity index (χ3n) is 5.31. The van der Waals surface area contributed by atoms with Crippen molar-refractivity contribution in [3.8, 4) is 22.8 Å². The van der Waals surface area contributed by atoms with E-state index in [2.05, 4.69) is 20.5 Å². The summed E-state index contributed by atoms with van der Waals surface area (Å²) in [5.74, 6) is 1.53. The minimum Gasteiger partial charge on any atom is -0.504 e. The van der Waals surface area contributed by atoms with Crippen LogP contribution in [0.3, 0.4) is 0 Å². The summed E-state index contributed by atoms with van der Waals surface area (Å²) in [5.41, 5.74) is 6.11. The molecule has 0 unspecified atom stereocenters. The monoisotopic (exact) mass is 458 g/mol. The van der Waals surface area contributed by atoms with Crippen molar-refractivity contribution in [1.82, 2.24) is 9.97 Å². The van der Waals surface area contributed by atoms with Crippen molar-refractivity contribution >= 4 is 39.3 Å². The Morgan fingerprint density at radius 1 is 1.03 bits per heavy atom. The number of methoxy groups -OCH3 is 1. The molecule has 8 heteroatoms. The summed E-state index contributed by atoms with van der Waals surface area (Å²) in [6.45, 7) is 1.91. The molecule has 5 rings (SSSR count). The van der Waals surface area contributed by atoms with Crippen molar-refractivity contribution < 1.29 is 14.3 Å². The van der Waals surface area contributed by atoms with Gasteiger partial charge in [0.05, 0.1) is 18.0 Å². The Kier molecular flexibility index (Phi) is 5.32. The standard InChI is InChI=1S/C25H19ClN4O3/c1-14-9-23-17(11-18(14)26)20(12-22(33-23)15-7-8-21(31)24(10-15)32-2)29-30-25-16-5-3-4-6-19(16)27-13-28-25/h3-13,31H,1-2H3,(H,27,28,30). The van der Waals surface area contributed by atoms with Crippen LogP contribution < -0.4 is 15.5 Å². The highest BCUT2D eigenvalue weighted by molar-refractivity contribution is 6.32. The van der Waals surface area contributed by atoms with Gasteiger partial charge in [0.2, 0.25) is 0 Å². The fraction of sp³-hybridized carbons (Fsp3) is 0.0800. The zero-order chi connectivity index (χ0) is 22.9. The Labute approximate surface area is 194 Å². The van der Waals surface area contributed by atoms with Gasteiger partial charge in [0.15, 0.2) is 17.3 Å². The van der Waals surface area contributed by atoms with Crippen molar-refractivity contribution in [1.29, 1.82) is 0 Å². The number of rotatable bonds is 4. The number of hydrogen-bond donors (Lipinski definition) is 2. The van der Waals surface area contributed by atoms with Crippen molar-refractivity contribution in [2.75, 3.05) is 12.5 Å². The summed E-state index contributed by atoms with van der Waals surface area (Å²) in [5, 5.41) is 17.4. The fourth-order valence-corrected chi connectivity index (χ4v) is 3.73. The van der Waals surface area contributed by atoms with Crippen molar-refractivity contribution in [3.05, 3.63) is 82.9 Å². The molecule has 3 aromatic carbocycles. The van der Waals surface area contributed by atoms with Gasteiger partial charge in [0.25, 0.3) is 0 Å². The number of anilines is 1. The largest absolute Gasteiger partial charge is 0.504 e. The van der Waals surface area contributed by atoms with Gasteiger partial charge < -0.3 is 14.3 Å². The Hall–Kier alpha value is -4.10. The number of aromatic hydroxyl groups is 1. The minimum absolute atomic E-state index is 0.0480. The van der Waals surface area contributed by atoms with Crippen molar-refractivity contribution in [3.63, 3.8) is 0 Å². The van der Waals surface area contributed by atoms with Crippen LogP contribution in [-0.2, 0) is 0 Å². The zero-order valence-corrected chi connectivity index (χ0v) is 18.6. The predicted octanol–water partition coefficient (Wildman–Crippen LogP) is 5.65. The molecule has 0 fully saturated rings. The van der Waals surface area contributed by atoms with Gasteiger partial charge in [-0.2, -0.15) is 5.10 Å². The van der Waals surface area contributed by atoms with Crippen LogP contribution in [0.25, 0.3) is 33.2 Å². The number of phenols is 1. The number of nitrogens with zero attached hydrogens (tertiary/aromatic N) is 3. The number of aromatic nitrogens is 2. The average Bonchev–Trinajstić information content (AvgIpc) is 2.83. The van der Waals surface area contributed by atoms with Crippen LogP contribution in [0.15, 0.2) is 76.5 Å². The van der Waals surface area contributed by atoms with E-state index in [1.165, 1.54) is 13.4 Å². The van der Waals surface area contributed by atoms with E-state index in [1.54, 1.807) is 24.3 Å². The molecule has 0 amide bonds. The van der Waals surface area contributed by atoms with Crippen LogP contribution in [0, 0.1) is 6.92 Å². The topological polar surface area (TPSA) is 92.8 Å². The Morgan fingerprint density at radius 3 is 2.73 bits per heavy atom. The molecule has 0 saturated heterocycles. The van der Waals surface area contributed by atoms with E-state index in [9.17, 15) is 5.11 Å². The summed E-state index contributed by atoms with van der Waals surface area (Å²) in [6.07, 6.45) is 1.49. The molecule has 0 bridgehead atoms. The number of hydrogen-bond acceptors (Lipinski definition) is 7. The summed E-state index contributed by atoms with van der Waals surface area (Å²) >= 11 is 6.40. The zero-order valence-electron chi connectivity index (χ0n) is 17.8. The molecular weight excluding hydrogens is 440 g/mol. The lowest BCUT2D eigenvalue weighted by Crippen LogP contribution is -2.08. The number of nitrogens with one attached hydrogen (secondary N) is 1. The number of aryl methyl sites for hydroxylation is 1. The van der Waals surface area contributed by atoms with Gasteiger partial charge in [-0.25, -0.2) is 9.97 Å². The number of fused-ring (bicyclic) bond motifs is 2. The molecule has 2 aromatic heterocycles. The first-order valence-corrected chi connectivity index (χ1v) is 10.5. The lowest BCUT2D eigenvalue weighted by atomic mass is 10.1. The Morgan fingerprint density at radius 2 is 1.88 bits per heavy atom. The second-order valence-corrected chi connectivity index (χ2v) is 7.85. The number of halogens is 1. The van der Waals surface area contributed by atoms with Gasteiger partial charge in [-0.1, -0.05) is 23.7 Å². The van der Waals surface area contributed by atoms with E-state index in [0.717, 1.165) is 27.4 Å². The summed E-state index contributed by atoms with van der Waals surface area (Å²) in [7, 11) is 1.50. The lowest BCUT2D eigenvalue weighted by Gasteiger charge is -2.09. The van der Waals surface area contributed by atoms with E-state index in [-0.39, 0.29) is 5.75 Å². The first-order chi connectivity index (χ1) is 16.0. The van der Waals surface area contributed by atoms with Crippen LogP contribution in [-0.4, -0.2) is 22.2 Å². The molecule has 0 radical (unpaired) electrons. The minimum atomic E-state index is 0.0480. The van der Waals surface area contributed by atoms with Crippen LogP contribution in [0.2, 0.25) is 5.02 Å². The molecule has 7 nitrogen and oxygen atoms in total. The van der Waals surface area contributed by atoms with E-state index >= 15 is 0 Å². The summed E-state index contributed by atoms with van der Waals surface area (Å²) < 4.78 is 11.4. The fourth-order valence-electron chi connectivity index (χ4n) is 3.56. The van der Waals surface area contributed by atoms with Gasteiger partial charge in [0.1, 0.15) is 17.7 Å². The van der Waals surface area contributed by atoms with Crippen LogP contribution in [0.5, 0.6) is 11.5 Å². The van der Waals surface area contributed by atoms with Crippen LogP contribution in [0.4, 0.5) is 5.82 Å². The second-order valence-electron chi connectivity index (χ2n) is 7.44. The molecule has 2 N–H and O–H groups in total. The molecule has 33 heavy (non-hydrogen) atoms. The quantitative estimate of drug-likeness (QED) is 0.338. The van der Waals surface area contributed by atoms with E-state index in [4.69, 9.17) is 20.8 Å². The molecule has 2 heterocycles. The molecule has 0 saturated carbocycles. The van der Waals surface area contributed by atoms with Crippen molar-refractivity contribution in [2.24, 2.45) is 5.10 Å². The highest BCUT2D eigenvalue weighted by Crippen LogP contribution is 2.32. The van der Waals surface area contributed by atoms with Gasteiger partial charge in [-0.15, -0.1) is 0 Å². The predicted molar refractivity (Wildman–Crippen MR) is 128 cm³/mol. The molecule has 5 aromatic rings. The van der Waals surface area contributed by atoms with Gasteiger partial charge >= 0.3 is 0 Å². The molecule has 0 aliphatic rings. The molecule has 0 aliphatic carbocycles. The number of benzene rings is 3. The van der Waals surface area contributed by atoms with Gasteiger partial charge in [-0.05, 0) is 55.0 Å². The third kappa shape index (κ3) is 3.94. The number of ether oxygens (including phenoxy) is 1. The smallest absolute Gasteiger partial charge is 0.161 e. The highest BCUT2D eigenvalue weighted by atomic mass is 35.5. The highest BCUT2D eigenvalue weighted by Gasteiger charge is 2.11. The maximum atomic E-state index is 9.96. The van der Waals surface area contributed by atoms with Crippen molar-refractivity contribution in [2.45, 2.75) is 6.92 Å². The van der Waals surface area contributed by atoms with Crippen LogP contribution >= 0.6 is 11.6 Å². The maximum absolute atomic E-state index is 9.96. The molecular formula is C25H19ClN4O3. The molecule has 164 valence electrons. The first kappa shape index (κ1) is 20.8. The number of phenolic OH excluding ortho intramolecular Hbond substituents is 1. The van der Waals surface area contributed by atoms with Crippen LogP contribution in [0.1, 0.15) is 5.56 Å². The Bertz CT molecular complexity index is 1570. The third-order valence-corrected chi connectivity index (χ3v) is 5.72. The second kappa shape index (κ2) is 8.44. The normalized spacial score (nSPS) is 11.8. The molecule has 0 atom stereocenters. The van der Waals surface area contributed by atoms with E-state index in [1.807, 2.05) is 43.3 Å².